The minimum absolute atomic E-state index is 0.0393. The number of hydrogen-bond donors (Lipinski definition) is 1. The van der Waals surface area contributed by atoms with Gasteiger partial charge < -0.3 is 4.90 Å². The van der Waals surface area contributed by atoms with E-state index in [9.17, 15) is 9.18 Å². The molecule has 1 aliphatic rings. The lowest BCUT2D eigenvalue weighted by atomic mass is 10.1. The molecule has 3 nitrogen and oxygen atoms in total. The summed E-state index contributed by atoms with van der Waals surface area (Å²) in [5, 5.41) is 3.10. The molecule has 1 N–H and O–H groups in total. The Balaban J connectivity index is 2.20. The predicted octanol–water partition coefficient (Wildman–Crippen LogP) is 2.40. The number of hydrogen-bond acceptors (Lipinski definition) is 3. The zero-order chi connectivity index (χ0) is 13.8. The van der Waals surface area contributed by atoms with Gasteiger partial charge in [-0.1, -0.05) is 25.1 Å². The van der Waals surface area contributed by atoms with Gasteiger partial charge >= 0.3 is 0 Å². The van der Waals surface area contributed by atoms with Crippen molar-refractivity contribution < 1.29 is 9.18 Å². The van der Waals surface area contributed by atoms with Crippen molar-refractivity contribution in [1.29, 1.82) is 0 Å². The van der Waals surface area contributed by atoms with Crippen molar-refractivity contribution in [3.8, 4) is 0 Å². The Labute approximate surface area is 117 Å². The second-order valence-electron chi connectivity index (χ2n) is 4.61. The molecule has 1 aromatic rings. The van der Waals surface area contributed by atoms with Crippen LogP contribution in [0.1, 0.15) is 25.6 Å². The van der Waals surface area contributed by atoms with Crippen molar-refractivity contribution in [3.05, 3.63) is 35.6 Å². The van der Waals surface area contributed by atoms with Crippen LogP contribution in [0.5, 0.6) is 0 Å². The Morgan fingerprint density at radius 2 is 2.26 bits per heavy atom. The molecular formula is C14H19FN2OS. The van der Waals surface area contributed by atoms with Crippen molar-refractivity contribution in [3.63, 3.8) is 0 Å². The zero-order valence-electron chi connectivity index (χ0n) is 11.2. The fourth-order valence-corrected chi connectivity index (χ4v) is 3.08. The molecule has 0 aliphatic carbocycles. The molecule has 2 unspecified atom stereocenters. The number of halogens is 1. The Bertz CT molecular complexity index is 455. The first-order valence-corrected chi connectivity index (χ1v) is 7.67. The van der Waals surface area contributed by atoms with Crippen LogP contribution in [0.15, 0.2) is 24.3 Å². The van der Waals surface area contributed by atoms with E-state index >= 15 is 0 Å². The number of thioether (sulfide) groups is 1. The van der Waals surface area contributed by atoms with Crippen LogP contribution >= 0.6 is 11.8 Å². The number of benzene rings is 1. The van der Waals surface area contributed by atoms with Crippen LogP contribution in [-0.4, -0.2) is 34.9 Å². The molecule has 104 valence electrons. The van der Waals surface area contributed by atoms with E-state index in [4.69, 9.17) is 0 Å². The van der Waals surface area contributed by atoms with Crippen LogP contribution in [0.3, 0.4) is 0 Å². The minimum atomic E-state index is -0.346. The number of nitrogens with one attached hydrogen (secondary N) is 1. The molecule has 0 bridgehead atoms. The van der Waals surface area contributed by atoms with Crippen LogP contribution in [0.4, 0.5) is 4.39 Å². The second kappa shape index (κ2) is 6.39. The molecule has 0 aromatic heterocycles. The first-order chi connectivity index (χ1) is 9.15. The topological polar surface area (TPSA) is 32.3 Å². The Kier molecular flexibility index (Phi) is 4.82. The highest BCUT2D eigenvalue weighted by Gasteiger charge is 2.35. The molecule has 1 amide bonds. The number of rotatable bonds is 5. The highest BCUT2D eigenvalue weighted by Crippen LogP contribution is 2.27. The summed E-state index contributed by atoms with van der Waals surface area (Å²) in [5.41, 5.74) is 0.543. The minimum Gasteiger partial charge on any atom is -0.318 e. The summed E-state index contributed by atoms with van der Waals surface area (Å²) in [5.74, 6) is 1.66. The highest BCUT2D eigenvalue weighted by atomic mass is 32.2. The molecule has 0 radical (unpaired) electrons. The quantitative estimate of drug-likeness (QED) is 0.900. The van der Waals surface area contributed by atoms with Gasteiger partial charge in [-0.25, -0.2) is 4.39 Å². The van der Waals surface area contributed by atoms with Gasteiger partial charge in [0.1, 0.15) is 12.0 Å². The van der Waals surface area contributed by atoms with Gasteiger partial charge in [0.25, 0.3) is 0 Å². The van der Waals surface area contributed by atoms with Crippen molar-refractivity contribution in [2.75, 3.05) is 18.1 Å². The van der Waals surface area contributed by atoms with Crippen molar-refractivity contribution in [2.24, 2.45) is 0 Å². The summed E-state index contributed by atoms with van der Waals surface area (Å²) in [6, 6.07) is 6.72. The van der Waals surface area contributed by atoms with Crippen LogP contribution in [0, 0.1) is 5.82 Å². The lowest BCUT2D eigenvalue weighted by molar-refractivity contribution is -0.129. The summed E-state index contributed by atoms with van der Waals surface area (Å²) in [6.45, 7) is 4.39. The van der Waals surface area contributed by atoms with Crippen molar-refractivity contribution in [2.45, 2.75) is 26.1 Å². The highest BCUT2D eigenvalue weighted by molar-refractivity contribution is 7.99. The van der Waals surface area contributed by atoms with Crippen LogP contribution in [0.25, 0.3) is 0 Å². The lowest BCUT2D eigenvalue weighted by Crippen LogP contribution is -2.39. The summed E-state index contributed by atoms with van der Waals surface area (Å²) < 4.78 is 13.9. The average Bonchev–Trinajstić information content (AvgIpc) is 2.78. The lowest BCUT2D eigenvalue weighted by Gasteiger charge is -2.30. The standard InChI is InChI=1S/C14H19FN2OS/c1-3-19-9-10(2)17-13(18)8-16-14(17)11-6-4-5-7-12(11)15/h4-7,10,14,16H,3,8-9H2,1-2H3. The Morgan fingerprint density at radius 1 is 1.53 bits per heavy atom. The van der Waals surface area contributed by atoms with Crippen LogP contribution in [-0.2, 0) is 4.79 Å². The third kappa shape index (κ3) is 3.09. The van der Waals surface area contributed by atoms with Crippen LogP contribution in [0.2, 0.25) is 0 Å². The molecule has 5 heteroatoms. The molecule has 1 heterocycles. The molecule has 1 aromatic carbocycles. The largest absolute Gasteiger partial charge is 0.318 e. The van der Waals surface area contributed by atoms with E-state index in [0.29, 0.717) is 5.56 Å². The van der Waals surface area contributed by atoms with Gasteiger partial charge in [0.2, 0.25) is 5.91 Å². The maximum absolute atomic E-state index is 13.9. The van der Waals surface area contributed by atoms with Gasteiger partial charge in [-0.15, -0.1) is 0 Å². The molecule has 1 saturated heterocycles. The van der Waals surface area contributed by atoms with E-state index in [-0.39, 0.29) is 30.5 Å². The van der Waals surface area contributed by atoms with E-state index in [1.807, 2.05) is 6.92 Å². The van der Waals surface area contributed by atoms with E-state index in [0.717, 1.165) is 11.5 Å². The van der Waals surface area contributed by atoms with Gasteiger partial charge in [0.05, 0.1) is 6.54 Å². The van der Waals surface area contributed by atoms with Gasteiger partial charge in [-0.3, -0.25) is 10.1 Å². The monoisotopic (exact) mass is 282 g/mol. The predicted molar refractivity (Wildman–Crippen MR) is 76.5 cm³/mol. The number of carbonyl (C=O) groups excluding carboxylic acids is 1. The zero-order valence-corrected chi connectivity index (χ0v) is 12.0. The summed E-state index contributed by atoms with van der Waals surface area (Å²) in [4.78, 5) is 13.8. The van der Waals surface area contributed by atoms with E-state index in [1.54, 1.807) is 34.9 Å². The van der Waals surface area contributed by atoms with E-state index in [2.05, 4.69) is 12.2 Å². The van der Waals surface area contributed by atoms with Gasteiger partial charge in [0, 0.05) is 17.4 Å². The van der Waals surface area contributed by atoms with Gasteiger partial charge in [-0.05, 0) is 18.7 Å². The maximum atomic E-state index is 13.9. The fraction of sp³-hybridized carbons (Fsp3) is 0.500. The maximum Gasteiger partial charge on any atom is 0.238 e. The Morgan fingerprint density at radius 3 is 2.95 bits per heavy atom. The first kappa shape index (κ1) is 14.3. The molecule has 0 spiro atoms. The molecular weight excluding hydrogens is 263 g/mol. The SMILES string of the molecule is CCSCC(C)N1C(=O)CNC1c1ccccc1F. The fourth-order valence-electron chi connectivity index (χ4n) is 2.34. The number of amides is 1. The summed E-state index contributed by atoms with van der Waals surface area (Å²) in [7, 11) is 0. The third-order valence-corrected chi connectivity index (χ3v) is 4.38. The van der Waals surface area contributed by atoms with E-state index < -0.39 is 0 Å². The number of carbonyl (C=O) groups is 1. The molecule has 19 heavy (non-hydrogen) atoms. The van der Waals surface area contributed by atoms with Gasteiger partial charge in [0.15, 0.2) is 0 Å². The molecule has 1 aliphatic heterocycles. The smallest absolute Gasteiger partial charge is 0.238 e. The number of nitrogens with zero attached hydrogens (tertiary/aromatic N) is 1. The average molecular weight is 282 g/mol. The summed E-state index contributed by atoms with van der Waals surface area (Å²) in [6.07, 6.45) is -0.346. The van der Waals surface area contributed by atoms with E-state index in [1.165, 1.54) is 6.07 Å². The second-order valence-corrected chi connectivity index (χ2v) is 5.93. The van der Waals surface area contributed by atoms with Crippen molar-refractivity contribution >= 4 is 17.7 Å². The Hall–Kier alpha value is -1.07. The normalized spacial score (nSPS) is 20.9. The molecule has 0 saturated carbocycles. The molecule has 2 atom stereocenters. The first-order valence-electron chi connectivity index (χ1n) is 6.51. The summed E-state index contributed by atoms with van der Waals surface area (Å²) >= 11 is 1.79. The molecule has 2 rings (SSSR count). The third-order valence-electron chi connectivity index (χ3n) is 3.25. The van der Waals surface area contributed by atoms with Gasteiger partial charge in [-0.2, -0.15) is 11.8 Å². The molecule has 1 fully saturated rings. The van der Waals surface area contributed by atoms with Crippen molar-refractivity contribution in [1.82, 2.24) is 10.2 Å². The van der Waals surface area contributed by atoms with Crippen LogP contribution < -0.4 is 5.32 Å².